The van der Waals surface area contributed by atoms with Crippen molar-refractivity contribution in [3.8, 4) is 5.75 Å². The number of ether oxygens (including phenoxy) is 1. The molecular formula is C14H18F2O3. The van der Waals surface area contributed by atoms with Gasteiger partial charge in [-0.05, 0) is 30.5 Å². The molecule has 1 N–H and O–H groups in total. The van der Waals surface area contributed by atoms with E-state index in [1.165, 1.54) is 18.6 Å². The van der Waals surface area contributed by atoms with E-state index in [1.54, 1.807) is 12.1 Å². The first-order valence-corrected chi connectivity index (χ1v) is 6.35. The summed E-state index contributed by atoms with van der Waals surface area (Å²) < 4.78 is 29.7. The van der Waals surface area contributed by atoms with E-state index in [1.807, 2.05) is 0 Å². The number of aryl methyl sites for hydroxylation is 1. The highest BCUT2D eigenvalue weighted by Crippen LogP contribution is 2.22. The van der Waals surface area contributed by atoms with Crippen molar-refractivity contribution < 1.29 is 23.4 Å². The van der Waals surface area contributed by atoms with Gasteiger partial charge in [0.2, 0.25) is 0 Å². The van der Waals surface area contributed by atoms with E-state index in [0.29, 0.717) is 0 Å². The number of carboxylic acids is 1. The number of carbonyl (C=O) groups is 1. The standard InChI is InChI=1S/C14H18F2O3/c1-2-3-4-5-6-11-7-9-12(10-8-11)19-14(15,16)13(17)18/h7-10H,2-6H2,1H3,(H,17,18). The van der Waals surface area contributed by atoms with Crippen molar-refractivity contribution in [1.82, 2.24) is 0 Å². The normalized spacial score (nSPS) is 11.3. The van der Waals surface area contributed by atoms with Gasteiger partial charge in [-0.15, -0.1) is 0 Å². The van der Waals surface area contributed by atoms with Crippen molar-refractivity contribution in [3.05, 3.63) is 29.8 Å². The SMILES string of the molecule is CCCCCCc1ccc(OC(F)(F)C(=O)O)cc1. The number of alkyl halides is 2. The van der Waals surface area contributed by atoms with Gasteiger partial charge in [-0.25, -0.2) is 4.79 Å². The van der Waals surface area contributed by atoms with E-state index in [0.717, 1.165) is 31.2 Å². The van der Waals surface area contributed by atoms with Gasteiger partial charge in [0.1, 0.15) is 5.75 Å². The number of rotatable bonds is 8. The van der Waals surface area contributed by atoms with Crippen LogP contribution in [0.15, 0.2) is 24.3 Å². The third kappa shape index (κ3) is 5.24. The second-order valence-corrected chi connectivity index (χ2v) is 4.38. The van der Waals surface area contributed by atoms with Gasteiger partial charge in [-0.3, -0.25) is 0 Å². The molecule has 0 amide bonds. The quantitative estimate of drug-likeness (QED) is 0.731. The molecule has 5 heteroatoms. The number of hydrogen-bond acceptors (Lipinski definition) is 2. The minimum absolute atomic E-state index is 0.148. The lowest BCUT2D eigenvalue weighted by molar-refractivity contribution is -0.210. The zero-order chi connectivity index (χ0) is 14.3. The molecule has 0 saturated carbocycles. The molecule has 0 atom stereocenters. The lowest BCUT2D eigenvalue weighted by Crippen LogP contribution is -2.34. The molecule has 1 rings (SSSR count). The topological polar surface area (TPSA) is 46.5 Å². The summed E-state index contributed by atoms with van der Waals surface area (Å²) in [6.07, 6.45) is 1.24. The Bertz CT molecular complexity index is 402. The minimum Gasteiger partial charge on any atom is -0.474 e. The monoisotopic (exact) mass is 272 g/mol. The Morgan fingerprint density at radius 1 is 1.21 bits per heavy atom. The fourth-order valence-electron chi connectivity index (χ4n) is 1.67. The second-order valence-electron chi connectivity index (χ2n) is 4.38. The van der Waals surface area contributed by atoms with Gasteiger partial charge in [0.25, 0.3) is 0 Å². The molecule has 1 aromatic rings. The van der Waals surface area contributed by atoms with Gasteiger partial charge < -0.3 is 9.84 Å². The fraction of sp³-hybridized carbons (Fsp3) is 0.500. The van der Waals surface area contributed by atoms with Crippen LogP contribution in [-0.2, 0) is 11.2 Å². The molecular weight excluding hydrogens is 254 g/mol. The molecule has 3 nitrogen and oxygen atoms in total. The summed E-state index contributed by atoms with van der Waals surface area (Å²) in [5, 5.41) is 8.25. The van der Waals surface area contributed by atoms with E-state index in [9.17, 15) is 13.6 Å². The molecule has 0 bridgehead atoms. The number of unbranched alkanes of at least 4 members (excludes halogenated alkanes) is 3. The van der Waals surface area contributed by atoms with Gasteiger partial charge in [0.15, 0.2) is 0 Å². The van der Waals surface area contributed by atoms with Crippen molar-refractivity contribution >= 4 is 5.97 Å². The van der Waals surface area contributed by atoms with Crippen molar-refractivity contribution in [1.29, 1.82) is 0 Å². The lowest BCUT2D eigenvalue weighted by Gasteiger charge is -2.13. The van der Waals surface area contributed by atoms with Crippen molar-refractivity contribution in [2.45, 2.75) is 45.1 Å². The first-order chi connectivity index (χ1) is 8.95. The lowest BCUT2D eigenvalue weighted by atomic mass is 10.1. The number of halogens is 2. The third-order valence-electron chi connectivity index (χ3n) is 2.74. The van der Waals surface area contributed by atoms with Gasteiger partial charge in [0, 0.05) is 0 Å². The highest BCUT2D eigenvalue weighted by molar-refractivity contribution is 5.73. The first-order valence-electron chi connectivity index (χ1n) is 6.35. The summed E-state index contributed by atoms with van der Waals surface area (Å²) in [6, 6.07) is 6.09. The number of aliphatic carboxylic acids is 1. The van der Waals surface area contributed by atoms with Crippen molar-refractivity contribution in [3.63, 3.8) is 0 Å². The van der Waals surface area contributed by atoms with Crippen molar-refractivity contribution in [2.75, 3.05) is 0 Å². The molecule has 0 aliphatic carbocycles. The summed E-state index contributed by atoms with van der Waals surface area (Å²) in [4.78, 5) is 10.2. The largest absolute Gasteiger partial charge is 0.501 e. The number of hydrogen-bond donors (Lipinski definition) is 1. The fourth-order valence-corrected chi connectivity index (χ4v) is 1.67. The third-order valence-corrected chi connectivity index (χ3v) is 2.74. The molecule has 0 aromatic heterocycles. The molecule has 0 heterocycles. The Morgan fingerprint density at radius 2 is 1.84 bits per heavy atom. The first kappa shape index (κ1) is 15.4. The molecule has 0 aliphatic rings. The van der Waals surface area contributed by atoms with Crippen LogP contribution in [0.25, 0.3) is 0 Å². The zero-order valence-corrected chi connectivity index (χ0v) is 10.9. The van der Waals surface area contributed by atoms with Crippen molar-refractivity contribution in [2.24, 2.45) is 0 Å². The Kier molecular flexibility index (Phi) is 5.73. The van der Waals surface area contributed by atoms with Gasteiger partial charge in [-0.2, -0.15) is 8.78 Å². The molecule has 1 aromatic carbocycles. The van der Waals surface area contributed by atoms with Crippen LogP contribution in [0.5, 0.6) is 5.75 Å². The zero-order valence-electron chi connectivity index (χ0n) is 10.9. The maximum Gasteiger partial charge on any atom is 0.501 e. The van der Waals surface area contributed by atoms with E-state index in [2.05, 4.69) is 11.7 Å². The van der Waals surface area contributed by atoms with Gasteiger partial charge in [-0.1, -0.05) is 38.3 Å². The predicted molar refractivity (Wildman–Crippen MR) is 67.5 cm³/mol. The summed E-state index contributed by atoms with van der Waals surface area (Å²) in [7, 11) is 0. The highest BCUT2D eigenvalue weighted by atomic mass is 19.3. The average Bonchev–Trinajstić information content (AvgIpc) is 2.36. The maximum atomic E-state index is 12.8. The minimum atomic E-state index is -4.19. The summed E-state index contributed by atoms with van der Waals surface area (Å²) in [5.41, 5.74) is 1.03. The second kappa shape index (κ2) is 7.07. The number of carboxylic acid groups (broad SMARTS) is 1. The molecule has 0 aliphatic heterocycles. The molecule has 0 spiro atoms. The Labute approximate surface area is 111 Å². The molecule has 0 unspecified atom stereocenters. The van der Waals surface area contributed by atoms with Crippen LogP contribution in [-0.4, -0.2) is 17.2 Å². The summed E-state index contributed by atoms with van der Waals surface area (Å²) >= 11 is 0. The van der Waals surface area contributed by atoms with Crippen LogP contribution in [0.4, 0.5) is 8.78 Å². The molecule has 106 valence electrons. The van der Waals surface area contributed by atoms with E-state index >= 15 is 0 Å². The van der Waals surface area contributed by atoms with Crippen LogP contribution < -0.4 is 4.74 Å². The highest BCUT2D eigenvalue weighted by Gasteiger charge is 2.42. The van der Waals surface area contributed by atoms with Crippen LogP contribution >= 0.6 is 0 Å². The van der Waals surface area contributed by atoms with E-state index < -0.39 is 12.1 Å². The summed E-state index contributed by atoms with van der Waals surface area (Å²) in [5.74, 6) is -2.44. The average molecular weight is 272 g/mol. The molecule has 0 saturated heterocycles. The molecule has 19 heavy (non-hydrogen) atoms. The van der Waals surface area contributed by atoms with Crippen LogP contribution in [0.1, 0.15) is 38.2 Å². The Morgan fingerprint density at radius 3 is 2.37 bits per heavy atom. The van der Waals surface area contributed by atoms with Crippen LogP contribution in [0.3, 0.4) is 0 Å². The Balaban J connectivity index is 2.50. The van der Waals surface area contributed by atoms with Gasteiger partial charge in [0.05, 0.1) is 0 Å². The molecule has 0 radical (unpaired) electrons. The van der Waals surface area contributed by atoms with E-state index in [4.69, 9.17) is 5.11 Å². The number of benzene rings is 1. The smallest absolute Gasteiger partial charge is 0.474 e. The Hall–Kier alpha value is -1.65. The predicted octanol–water partition coefficient (Wildman–Crippen LogP) is 3.87. The van der Waals surface area contributed by atoms with Crippen LogP contribution in [0, 0.1) is 0 Å². The van der Waals surface area contributed by atoms with Gasteiger partial charge >= 0.3 is 12.1 Å². The maximum absolute atomic E-state index is 12.8. The molecule has 0 fully saturated rings. The van der Waals surface area contributed by atoms with E-state index in [-0.39, 0.29) is 5.75 Å². The summed E-state index contributed by atoms with van der Waals surface area (Å²) in [6.45, 7) is 2.13. The van der Waals surface area contributed by atoms with Crippen LogP contribution in [0.2, 0.25) is 0 Å².